The summed E-state index contributed by atoms with van der Waals surface area (Å²) in [6, 6.07) is 5.67. The number of ether oxygens (including phenoxy) is 1. The Kier molecular flexibility index (Phi) is 5.77. The molecular weight excluding hydrogens is 283 g/mol. The lowest BCUT2D eigenvalue weighted by atomic mass is 9.80. The van der Waals surface area contributed by atoms with Crippen molar-refractivity contribution in [3.63, 3.8) is 0 Å². The molecule has 0 aromatic heterocycles. The van der Waals surface area contributed by atoms with E-state index in [2.05, 4.69) is 24.3 Å². The number of rotatable bonds is 6. The number of nitrogens with one attached hydrogen (secondary N) is 1. The molecule has 0 saturated heterocycles. The molecule has 0 aliphatic heterocycles. The van der Waals surface area contributed by atoms with Gasteiger partial charge in [-0.05, 0) is 51.2 Å². The fourth-order valence-electron chi connectivity index (χ4n) is 2.99. The van der Waals surface area contributed by atoms with Crippen LogP contribution in [0.25, 0.3) is 0 Å². The van der Waals surface area contributed by atoms with Crippen LogP contribution in [0.15, 0.2) is 24.3 Å². The van der Waals surface area contributed by atoms with Crippen LogP contribution >= 0.6 is 0 Å². The van der Waals surface area contributed by atoms with E-state index in [0.717, 1.165) is 12.8 Å². The van der Waals surface area contributed by atoms with Gasteiger partial charge in [0.15, 0.2) is 6.61 Å². The van der Waals surface area contributed by atoms with E-state index >= 15 is 0 Å². The highest BCUT2D eigenvalue weighted by atomic mass is 19.1. The number of hydrogen-bond donors (Lipinski definition) is 1. The van der Waals surface area contributed by atoms with Crippen LogP contribution in [0.5, 0.6) is 5.75 Å². The molecule has 0 atom stereocenters. The summed E-state index contributed by atoms with van der Waals surface area (Å²) in [5.41, 5.74) is 0.0593. The molecule has 0 bridgehead atoms. The maximum absolute atomic E-state index is 12.8. The van der Waals surface area contributed by atoms with Crippen molar-refractivity contribution in [2.45, 2.75) is 37.6 Å². The number of nitrogens with zero attached hydrogens (tertiary/aromatic N) is 1. The average molecular weight is 308 g/mol. The third-order valence-electron chi connectivity index (χ3n) is 4.53. The zero-order valence-corrected chi connectivity index (χ0v) is 13.4. The second-order valence-electron chi connectivity index (χ2n) is 6.20. The maximum Gasteiger partial charge on any atom is 0.258 e. The second-order valence-corrected chi connectivity index (χ2v) is 6.20. The van der Waals surface area contributed by atoms with Gasteiger partial charge in [-0.25, -0.2) is 4.39 Å². The molecule has 0 heterocycles. The summed E-state index contributed by atoms with van der Waals surface area (Å²) >= 11 is 0. The zero-order valence-electron chi connectivity index (χ0n) is 13.4. The fourth-order valence-corrected chi connectivity index (χ4v) is 2.99. The Morgan fingerprint density at radius 1 is 1.23 bits per heavy atom. The van der Waals surface area contributed by atoms with Crippen LogP contribution in [0, 0.1) is 5.82 Å². The van der Waals surface area contributed by atoms with Crippen LogP contribution in [0.1, 0.15) is 32.1 Å². The van der Waals surface area contributed by atoms with E-state index in [9.17, 15) is 9.18 Å². The summed E-state index contributed by atoms with van der Waals surface area (Å²) < 4.78 is 18.2. The van der Waals surface area contributed by atoms with Crippen molar-refractivity contribution in [2.75, 3.05) is 27.2 Å². The predicted molar refractivity (Wildman–Crippen MR) is 84.4 cm³/mol. The number of carbonyl (C=O) groups excluding carboxylic acids is 1. The smallest absolute Gasteiger partial charge is 0.258 e. The SMILES string of the molecule is CN(C)C1(CNC(=O)COc2ccc(F)cc2)CCCCC1. The lowest BCUT2D eigenvalue weighted by molar-refractivity contribution is -0.123. The molecule has 4 nitrogen and oxygen atoms in total. The van der Waals surface area contributed by atoms with Crippen molar-refractivity contribution in [1.29, 1.82) is 0 Å². The molecule has 0 unspecified atom stereocenters. The first-order chi connectivity index (χ1) is 10.5. The number of likely N-dealkylation sites (N-methyl/N-ethyl adjacent to an activating group) is 1. The van der Waals surface area contributed by atoms with Gasteiger partial charge in [0, 0.05) is 12.1 Å². The minimum atomic E-state index is -0.318. The molecule has 22 heavy (non-hydrogen) atoms. The van der Waals surface area contributed by atoms with Crippen LogP contribution < -0.4 is 10.1 Å². The van der Waals surface area contributed by atoms with Crippen molar-refractivity contribution in [3.05, 3.63) is 30.1 Å². The highest BCUT2D eigenvalue weighted by Crippen LogP contribution is 2.31. The van der Waals surface area contributed by atoms with Crippen molar-refractivity contribution in [2.24, 2.45) is 0 Å². The lowest BCUT2D eigenvalue weighted by Crippen LogP contribution is -2.54. The number of benzene rings is 1. The fraction of sp³-hybridized carbons (Fsp3) is 0.588. The largest absolute Gasteiger partial charge is 0.484 e. The molecule has 1 aliphatic carbocycles. The first-order valence-electron chi connectivity index (χ1n) is 7.84. The van der Waals surface area contributed by atoms with Crippen molar-refractivity contribution in [3.8, 4) is 5.75 Å². The molecule has 5 heteroatoms. The number of halogens is 1. The van der Waals surface area contributed by atoms with Gasteiger partial charge in [-0.2, -0.15) is 0 Å². The minimum Gasteiger partial charge on any atom is -0.484 e. The van der Waals surface area contributed by atoms with Gasteiger partial charge in [-0.15, -0.1) is 0 Å². The molecule has 1 aromatic rings. The molecule has 0 radical (unpaired) electrons. The van der Waals surface area contributed by atoms with Crippen molar-refractivity contribution >= 4 is 5.91 Å². The van der Waals surface area contributed by atoms with Crippen LogP contribution in [-0.4, -0.2) is 43.6 Å². The summed E-state index contributed by atoms with van der Waals surface area (Å²) in [5, 5.41) is 2.98. The van der Waals surface area contributed by atoms with Crippen molar-refractivity contribution in [1.82, 2.24) is 10.2 Å². The van der Waals surface area contributed by atoms with Gasteiger partial charge >= 0.3 is 0 Å². The van der Waals surface area contributed by atoms with Crippen LogP contribution in [0.2, 0.25) is 0 Å². The van der Waals surface area contributed by atoms with Crippen LogP contribution in [0.4, 0.5) is 4.39 Å². The molecule has 1 aliphatic rings. The predicted octanol–water partition coefficient (Wildman–Crippen LogP) is 2.59. The molecule has 1 saturated carbocycles. The van der Waals surface area contributed by atoms with Crippen molar-refractivity contribution < 1.29 is 13.9 Å². The summed E-state index contributed by atoms with van der Waals surface area (Å²) in [6.45, 7) is 0.598. The molecule has 122 valence electrons. The normalized spacial score (nSPS) is 17.3. The Morgan fingerprint density at radius 2 is 1.86 bits per heavy atom. The van der Waals surface area contributed by atoms with Crippen LogP contribution in [-0.2, 0) is 4.79 Å². The van der Waals surface area contributed by atoms with E-state index in [-0.39, 0.29) is 23.9 Å². The van der Waals surface area contributed by atoms with Gasteiger partial charge in [0.05, 0.1) is 0 Å². The average Bonchev–Trinajstić information content (AvgIpc) is 2.53. The molecular formula is C17H25FN2O2. The maximum atomic E-state index is 12.8. The molecule has 1 amide bonds. The highest BCUT2D eigenvalue weighted by molar-refractivity contribution is 5.77. The lowest BCUT2D eigenvalue weighted by Gasteiger charge is -2.43. The molecule has 0 spiro atoms. The summed E-state index contributed by atoms with van der Waals surface area (Å²) in [6.07, 6.45) is 5.91. The van der Waals surface area contributed by atoms with E-state index in [1.54, 1.807) is 0 Å². The third kappa shape index (κ3) is 4.44. The highest BCUT2D eigenvalue weighted by Gasteiger charge is 2.34. The Hall–Kier alpha value is -1.62. The number of amides is 1. The quantitative estimate of drug-likeness (QED) is 0.878. The first kappa shape index (κ1) is 16.7. The number of carbonyl (C=O) groups is 1. The van der Waals surface area contributed by atoms with Gasteiger partial charge in [0.2, 0.25) is 0 Å². The molecule has 1 aromatic carbocycles. The van der Waals surface area contributed by atoms with Crippen LogP contribution in [0.3, 0.4) is 0 Å². The zero-order chi connectivity index (χ0) is 16.0. The third-order valence-corrected chi connectivity index (χ3v) is 4.53. The summed E-state index contributed by atoms with van der Waals surface area (Å²) in [4.78, 5) is 14.2. The first-order valence-corrected chi connectivity index (χ1v) is 7.84. The Morgan fingerprint density at radius 3 is 2.45 bits per heavy atom. The molecule has 2 rings (SSSR count). The monoisotopic (exact) mass is 308 g/mol. The van der Waals surface area contributed by atoms with E-state index in [1.165, 1.54) is 43.5 Å². The molecule has 1 N–H and O–H groups in total. The van der Waals surface area contributed by atoms with E-state index in [0.29, 0.717) is 12.3 Å². The Balaban J connectivity index is 1.80. The summed E-state index contributed by atoms with van der Waals surface area (Å²) in [7, 11) is 4.15. The topological polar surface area (TPSA) is 41.6 Å². The summed E-state index contributed by atoms with van der Waals surface area (Å²) in [5.74, 6) is 0.0367. The second kappa shape index (κ2) is 7.58. The van der Waals surface area contributed by atoms with Gasteiger partial charge in [0.1, 0.15) is 11.6 Å². The van der Waals surface area contributed by atoms with Gasteiger partial charge < -0.3 is 15.0 Å². The minimum absolute atomic E-state index is 0.0465. The Bertz CT molecular complexity index is 482. The van der Waals surface area contributed by atoms with E-state index in [4.69, 9.17) is 4.74 Å². The Labute approximate surface area is 131 Å². The molecule has 1 fully saturated rings. The number of hydrogen-bond acceptors (Lipinski definition) is 3. The van der Waals surface area contributed by atoms with Gasteiger partial charge in [-0.3, -0.25) is 4.79 Å². The standard InChI is InChI=1S/C17H25FN2O2/c1-20(2)17(10-4-3-5-11-17)13-19-16(21)12-22-15-8-6-14(18)7-9-15/h6-9H,3-5,10-13H2,1-2H3,(H,19,21). The van der Waals surface area contributed by atoms with E-state index < -0.39 is 0 Å². The van der Waals surface area contributed by atoms with Gasteiger partial charge in [-0.1, -0.05) is 19.3 Å². The van der Waals surface area contributed by atoms with E-state index in [1.807, 2.05) is 0 Å². The van der Waals surface area contributed by atoms with Gasteiger partial charge in [0.25, 0.3) is 5.91 Å².